The molecular formula is C27H25N5O3S. The summed E-state index contributed by atoms with van der Waals surface area (Å²) in [6, 6.07) is 21.4. The highest BCUT2D eigenvalue weighted by Gasteiger charge is 2.30. The molecule has 182 valence electrons. The van der Waals surface area contributed by atoms with Crippen LogP contribution in [0.25, 0.3) is 22.2 Å². The predicted molar refractivity (Wildman–Crippen MR) is 141 cm³/mol. The van der Waals surface area contributed by atoms with Crippen LogP contribution < -0.4 is 10.5 Å². The number of para-hydroxylation sites is 2. The Balaban J connectivity index is 1.71. The Hall–Kier alpha value is -4.24. The minimum atomic E-state index is -4.04. The molecule has 36 heavy (non-hydrogen) atoms. The molecule has 0 spiro atoms. The monoisotopic (exact) mass is 499 g/mol. The maximum absolute atomic E-state index is 13.7. The van der Waals surface area contributed by atoms with Crippen molar-refractivity contribution in [2.75, 3.05) is 12.8 Å². The summed E-state index contributed by atoms with van der Waals surface area (Å²) in [5, 5.41) is 4.52. The van der Waals surface area contributed by atoms with Gasteiger partial charge in [-0.1, -0.05) is 50.2 Å². The van der Waals surface area contributed by atoms with Crippen LogP contribution >= 0.6 is 0 Å². The van der Waals surface area contributed by atoms with Crippen LogP contribution in [0.3, 0.4) is 0 Å². The van der Waals surface area contributed by atoms with E-state index in [0.717, 1.165) is 5.56 Å². The zero-order valence-corrected chi connectivity index (χ0v) is 20.9. The van der Waals surface area contributed by atoms with Gasteiger partial charge in [-0.2, -0.15) is 9.78 Å². The van der Waals surface area contributed by atoms with Gasteiger partial charge < -0.3 is 10.5 Å². The second-order valence-electron chi connectivity index (χ2n) is 8.66. The van der Waals surface area contributed by atoms with Gasteiger partial charge >= 0.3 is 0 Å². The maximum atomic E-state index is 13.7. The number of methoxy groups -OCH3 is 1. The number of ether oxygens (including phenoxy) is 1. The molecule has 0 aliphatic heterocycles. The summed E-state index contributed by atoms with van der Waals surface area (Å²) >= 11 is 0. The number of hydrogen-bond donors (Lipinski definition) is 1. The summed E-state index contributed by atoms with van der Waals surface area (Å²) in [4.78, 5) is 9.23. The Morgan fingerprint density at radius 1 is 0.944 bits per heavy atom. The molecule has 2 aromatic heterocycles. The molecule has 0 bridgehead atoms. The number of rotatable bonds is 6. The van der Waals surface area contributed by atoms with Crippen LogP contribution in [0.5, 0.6) is 5.75 Å². The molecule has 0 fully saturated rings. The standard InChI is InChI=1S/C27H25N5O3S/c1-17(2)19-10-8-18(9-11-19)16-29-32-26(28)25(36(33,34)21-14-12-20(35-3)13-15-21)24-27(32)31-23-7-5-4-6-22(23)30-24/h4-17H,28H2,1-3H3. The smallest absolute Gasteiger partial charge is 0.212 e. The Labute approximate surface area is 209 Å². The third-order valence-electron chi connectivity index (χ3n) is 5.99. The van der Waals surface area contributed by atoms with E-state index in [1.807, 2.05) is 36.4 Å². The molecule has 0 radical (unpaired) electrons. The fourth-order valence-corrected chi connectivity index (χ4v) is 5.45. The molecule has 0 saturated carbocycles. The minimum Gasteiger partial charge on any atom is -0.497 e. The average Bonchev–Trinajstić information content (AvgIpc) is 3.16. The number of hydrogen-bond acceptors (Lipinski definition) is 7. The first-order valence-corrected chi connectivity index (χ1v) is 12.9. The van der Waals surface area contributed by atoms with E-state index in [2.05, 4.69) is 28.9 Å². The number of nitrogen functional groups attached to an aromatic ring is 1. The molecule has 0 atom stereocenters. The van der Waals surface area contributed by atoms with Gasteiger partial charge in [0.1, 0.15) is 22.0 Å². The van der Waals surface area contributed by atoms with Crippen LogP contribution in [0.4, 0.5) is 5.82 Å². The summed E-state index contributed by atoms with van der Waals surface area (Å²) in [5.41, 5.74) is 10.1. The van der Waals surface area contributed by atoms with Crippen molar-refractivity contribution in [3.05, 3.63) is 83.9 Å². The third kappa shape index (κ3) is 4.07. The number of benzene rings is 3. The molecule has 0 aliphatic carbocycles. The van der Waals surface area contributed by atoms with Gasteiger partial charge in [0.2, 0.25) is 9.84 Å². The van der Waals surface area contributed by atoms with E-state index in [1.165, 1.54) is 29.5 Å². The highest BCUT2D eigenvalue weighted by molar-refractivity contribution is 7.92. The molecule has 0 amide bonds. The van der Waals surface area contributed by atoms with Gasteiger partial charge in [-0.15, -0.1) is 0 Å². The summed E-state index contributed by atoms with van der Waals surface area (Å²) in [6.07, 6.45) is 1.63. The van der Waals surface area contributed by atoms with Crippen LogP contribution in [0.1, 0.15) is 30.9 Å². The maximum Gasteiger partial charge on any atom is 0.212 e. The molecule has 5 rings (SSSR count). The molecule has 0 unspecified atom stereocenters. The van der Waals surface area contributed by atoms with Crippen LogP contribution in [0.15, 0.2) is 87.7 Å². The number of fused-ring (bicyclic) bond motifs is 2. The molecular weight excluding hydrogens is 474 g/mol. The van der Waals surface area contributed by atoms with Gasteiger partial charge in [-0.3, -0.25) is 0 Å². The van der Waals surface area contributed by atoms with Crippen molar-refractivity contribution in [1.82, 2.24) is 14.6 Å². The normalized spacial score (nSPS) is 12.2. The van der Waals surface area contributed by atoms with Gasteiger partial charge in [-0.05, 0) is 53.4 Å². The lowest BCUT2D eigenvalue weighted by molar-refractivity contribution is 0.414. The first-order valence-electron chi connectivity index (χ1n) is 11.4. The lowest BCUT2D eigenvalue weighted by Gasteiger charge is -2.06. The van der Waals surface area contributed by atoms with Crippen molar-refractivity contribution in [2.45, 2.75) is 29.6 Å². The van der Waals surface area contributed by atoms with E-state index in [0.29, 0.717) is 22.7 Å². The number of aromatic nitrogens is 3. The van der Waals surface area contributed by atoms with Crippen LogP contribution in [-0.4, -0.2) is 36.4 Å². The summed E-state index contributed by atoms with van der Waals surface area (Å²) < 4.78 is 34.0. The second kappa shape index (κ2) is 9.09. The summed E-state index contributed by atoms with van der Waals surface area (Å²) in [6.45, 7) is 4.26. The number of nitrogens with two attached hydrogens (primary N) is 1. The summed E-state index contributed by atoms with van der Waals surface area (Å²) in [5.74, 6) is 0.892. The largest absolute Gasteiger partial charge is 0.497 e. The lowest BCUT2D eigenvalue weighted by atomic mass is 10.0. The van der Waals surface area contributed by atoms with Crippen molar-refractivity contribution in [2.24, 2.45) is 5.10 Å². The van der Waals surface area contributed by atoms with Gasteiger partial charge in [0.05, 0.1) is 29.3 Å². The number of sulfone groups is 1. The molecule has 9 heteroatoms. The van der Waals surface area contributed by atoms with Crippen LogP contribution in [0.2, 0.25) is 0 Å². The van der Waals surface area contributed by atoms with Gasteiger partial charge in [0.25, 0.3) is 0 Å². The molecule has 8 nitrogen and oxygen atoms in total. The molecule has 0 aliphatic rings. The Morgan fingerprint density at radius 2 is 1.58 bits per heavy atom. The van der Waals surface area contributed by atoms with E-state index in [9.17, 15) is 8.42 Å². The second-order valence-corrected chi connectivity index (χ2v) is 10.5. The van der Waals surface area contributed by atoms with E-state index >= 15 is 0 Å². The van der Waals surface area contributed by atoms with Crippen molar-refractivity contribution in [3.8, 4) is 5.75 Å². The number of anilines is 1. The van der Waals surface area contributed by atoms with Crippen LogP contribution in [-0.2, 0) is 9.84 Å². The van der Waals surface area contributed by atoms with E-state index < -0.39 is 9.84 Å². The Bertz CT molecular complexity index is 1710. The van der Waals surface area contributed by atoms with Gasteiger partial charge in [-0.25, -0.2) is 18.4 Å². The van der Waals surface area contributed by atoms with E-state index in [1.54, 1.807) is 30.5 Å². The van der Waals surface area contributed by atoms with Gasteiger partial charge in [0, 0.05) is 0 Å². The Morgan fingerprint density at radius 3 is 2.19 bits per heavy atom. The molecule has 2 heterocycles. The molecule has 0 saturated heterocycles. The van der Waals surface area contributed by atoms with Crippen molar-refractivity contribution in [3.63, 3.8) is 0 Å². The zero-order valence-electron chi connectivity index (χ0n) is 20.1. The molecule has 5 aromatic rings. The predicted octanol–water partition coefficient (Wildman–Crippen LogP) is 5.01. The third-order valence-corrected chi connectivity index (χ3v) is 7.83. The molecule has 3 aromatic carbocycles. The van der Waals surface area contributed by atoms with Crippen molar-refractivity contribution < 1.29 is 13.2 Å². The highest BCUT2D eigenvalue weighted by Crippen LogP contribution is 2.35. The van der Waals surface area contributed by atoms with Gasteiger partial charge in [0.15, 0.2) is 5.65 Å². The quantitative estimate of drug-likeness (QED) is 0.329. The highest BCUT2D eigenvalue weighted by atomic mass is 32.2. The fourth-order valence-electron chi connectivity index (χ4n) is 3.97. The van der Waals surface area contributed by atoms with Crippen LogP contribution in [0, 0.1) is 0 Å². The van der Waals surface area contributed by atoms with E-state index in [4.69, 9.17) is 10.5 Å². The topological polar surface area (TPSA) is 112 Å². The van der Waals surface area contributed by atoms with E-state index in [-0.39, 0.29) is 26.8 Å². The summed E-state index contributed by atoms with van der Waals surface area (Å²) in [7, 11) is -2.53. The van der Waals surface area contributed by atoms with Crippen molar-refractivity contribution >= 4 is 44.1 Å². The minimum absolute atomic E-state index is 0.0637. The lowest BCUT2D eigenvalue weighted by Crippen LogP contribution is -2.06. The fraction of sp³-hybridized carbons (Fsp3) is 0.148. The first-order chi connectivity index (χ1) is 17.3. The average molecular weight is 500 g/mol. The number of nitrogens with zero attached hydrogens (tertiary/aromatic N) is 4. The SMILES string of the molecule is COc1ccc(S(=O)(=O)c2c(N)n(N=Cc3ccc(C(C)C)cc3)c3nc4ccccc4nc23)cc1. The molecule has 2 N–H and O–H groups in total. The van der Waals surface area contributed by atoms with Crippen molar-refractivity contribution in [1.29, 1.82) is 0 Å². The Kier molecular flexibility index (Phi) is 5.93. The first kappa shape index (κ1) is 23.5. The zero-order chi connectivity index (χ0) is 25.4.